The summed E-state index contributed by atoms with van der Waals surface area (Å²) < 4.78 is 5.43. The van der Waals surface area contributed by atoms with Gasteiger partial charge in [-0.3, -0.25) is 9.59 Å². The molecule has 2 aromatic carbocycles. The number of carbonyl (C=O) groups excluding carboxylic acids is 3. The Morgan fingerprint density at radius 1 is 0.964 bits per heavy atom. The van der Waals surface area contributed by atoms with Gasteiger partial charge >= 0.3 is 5.97 Å². The van der Waals surface area contributed by atoms with Crippen LogP contribution in [0.3, 0.4) is 0 Å². The van der Waals surface area contributed by atoms with Gasteiger partial charge in [-0.15, -0.1) is 0 Å². The number of carbonyl (C=O) groups is 3. The summed E-state index contributed by atoms with van der Waals surface area (Å²) in [6, 6.07) is 13.2. The fourth-order valence-electron chi connectivity index (χ4n) is 5.14. The van der Waals surface area contributed by atoms with Crippen LogP contribution in [0.15, 0.2) is 48.5 Å². The normalized spacial score (nSPS) is 28.0. The number of fused-ring (bicyclic) bond motifs is 5. The molecule has 0 spiro atoms. The molecule has 6 heteroatoms. The molecule has 28 heavy (non-hydrogen) atoms. The number of halogens is 1. The number of anilines is 1. The largest absolute Gasteiger partial charge is 0.423 e. The standard InChI is InChI=1S/C22H18ClNO4/c23-17-7-2-1-6-16(17)22(27)28-15-5-3-4-14(11-15)24-20(25)18-12-8-9-13(10-12)19(18)21(24)26/h1-7,11-13,18-19H,8-10H2/t12-,13-,18+,19+/m0/s1. The van der Waals surface area contributed by atoms with E-state index < -0.39 is 5.97 Å². The van der Waals surface area contributed by atoms with Crippen molar-refractivity contribution in [2.45, 2.75) is 19.3 Å². The molecule has 0 radical (unpaired) electrons. The summed E-state index contributed by atoms with van der Waals surface area (Å²) >= 11 is 6.05. The van der Waals surface area contributed by atoms with Crippen molar-refractivity contribution in [2.24, 2.45) is 23.7 Å². The van der Waals surface area contributed by atoms with Crippen LogP contribution >= 0.6 is 11.6 Å². The lowest BCUT2D eigenvalue weighted by Crippen LogP contribution is -2.32. The molecule has 5 rings (SSSR count). The van der Waals surface area contributed by atoms with Crippen LogP contribution in [0, 0.1) is 23.7 Å². The van der Waals surface area contributed by atoms with Crippen molar-refractivity contribution < 1.29 is 19.1 Å². The number of rotatable bonds is 3. The zero-order valence-electron chi connectivity index (χ0n) is 15.0. The molecule has 5 nitrogen and oxygen atoms in total. The molecular weight excluding hydrogens is 378 g/mol. The van der Waals surface area contributed by atoms with Crippen LogP contribution in [-0.4, -0.2) is 17.8 Å². The van der Waals surface area contributed by atoms with Gasteiger partial charge in [-0.1, -0.05) is 29.8 Å². The first-order valence-electron chi connectivity index (χ1n) is 9.49. The van der Waals surface area contributed by atoms with E-state index in [1.54, 1.807) is 48.5 Å². The molecule has 2 saturated carbocycles. The molecule has 2 aromatic rings. The molecule has 3 fully saturated rings. The Morgan fingerprint density at radius 3 is 2.32 bits per heavy atom. The smallest absolute Gasteiger partial charge is 0.345 e. The van der Waals surface area contributed by atoms with Gasteiger partial charge in [0.2, 0.25) is 11.8 Å². The van der Waals surface area contributed by atoms with Crippen molar-refractivity contribution in [3.8, 4) is 5.75 Å². The van der Waals surface area contributed by atoms with Gasteiger partial charge in [-0.2, -0.15) is 0 Å². The first kappa shape index (κ1) is 17.4. The average Bonchev–Trinajstić information content (AvgIpc) is 3.36. The van der Waals surface area contributed by atoms with Crippen LogP contribution in [-0.2, 0) is 9.59 Å². The molecule has 0 aromatic heterocycles. The lowest BCUT2D eigenvalue weighted by Gasteiger charge is -2.19. The Labute approximate surface area is 167 Å². The zero-order chi connectivity index (χ0) is 19.4. The lowest BCUT2D eigenvalue weighted by atomic mass is 9.81. The second kappa shape index (κ2) is 6.45. The van der Waals surface area contributed by atoms with Gasteiger partial charge in [0.15, 0.2) is 0 Å². The number of amides is 2. The Hall–Kier alpha value is -2.66. The number of imide groups is 1. The molecule has 2 bridgehead atoms. The van der Waals surface area contributed by atoms with Crippen molar-refractivity contribution in [1.82, 2.24) is 0 Å². The molecule has 142 valence electrons. The highest BCUT2D eigenvalue weighted by Crippen LogP contribution is 2.56. The Kier molecular flexibility index (Phi) is 4.02. The lowest BCUT2D eigenvalue weighted by molar-refractivity contribution is -0.123. The highest BCUT2D eigenvalue weighted by atomic mass is 35.5. The van der Waals surface area contributed by atoms with E-state index in [1.807, 2.05) is 0 Å². The summed E-state index contributed by atoms with van der Waals surface area (Å²) in [5.41, 5.74) is 0.710. The zero-order valence-corrected chi connectivity index (χ0v) is 15.8. The third-order valence-electron chi connectivity index (χ3n) is 6.31. The predicted molar refractivity (Wildman–Crippen MR) is 103 cm³/mol. The van der Waals surface area contributed by atoms with Gasteiger partial charge in [0.05, 0.1) is 28.1 Å². The average molecular weight is 396 g/mol. The summed E-state index contributed by atoms with van der Waals surface area (Å²) in [4.78, 5) is 39.6. The van der Waals surface area contributed by atoms with Crippen LogP contribution in [0.5, 0.6) is 5.75 Å². The van der Waals surface area contributed by atoms with Crippen LogP contribution in [0.25, 0.3) is 0 Å². The van der Waals surface area contributed by atoms with E-state index in [2.05, 4.69) is 0 Å². The highest BCUT2D eigenvalue weighted by molar-refractivity contribution is 6.33. The van der Waals surface area contributed by atoms with Gasteiger partial charge in [0.1, 0.15) is 5.75 Å². The van der Waals surface area contributed by atoms with E-state index in [9.17, 15) is 14.4 Å². The third-order valence-corrected chi connectivity index (χ3v) is 6.64. The van der Waals surface area contributed by atoms with Gasteiger partial charge in [-0.25, -0.2) is 9.69 Å². The number of ether oxygens (including phenoxy) is 1. The van der Waals surface area contributed by atoms with Crippen molar-refractivity contribution in [3.63, 3.8) is 0 Å². The van der Waals surface area contributed by atoms with Gasteiger partial charge in [0, 0.05) is 6.07 Å². The third kappa shape index (κ3) is 2.57. The van der Waals surface area contributed by atoms with Gasteiger partial charge in [0.25, 0.3) is 0 Å². The minimum absolute atomic E-state index is 0.114. The first-order valence-corrected chi connectivity index (χ1v) is 9.87. The van der Waals surface area contributed by atoms with Crippen molar-refractivity contribution >= 4 is 35.1 Å². The summed E-state index contributed by atoms with van der Waals surface area (Å²) in [6.07, 6.45) is 3.07. The van der Waals surface area contributed by atoms with Crippen LogP contribution < -0.4 is 9.64 Å². The molecule has 0 unspecified atom stereocenters. The summed E-state index contributed by atoms with van der Waals surface area (Å²) in [5.74, 6) is -0.245. The molecule has 1 saturated heterocycles. The minimum atomic E-state index is -0.586. The Balaban J connectivity index is 1.41. The second-order valence-electron chi connectivity index (χ2n) is 7.76. The Morgan fingerprint density at radius 2 is 1.64 bits per heavy atom. The Bertz CT molecular complexity index is 976. The molecule has 4 atom stereocenters. The quantitative estimate of drug-likeness (QED) is 0.446. The first-order chi connectivity index (χ1) is 13.5. The summed E-state index contributed by atoms with van der Waals surface area (Å²) in [5, 5.41) is 0.303. The van der Waals surface area contributed by atoms with Gasteiger partial charge < -0.3 is 4.74 Å². The highest BCUT2D eigenvalue weighted by Gasteiger charge is 2.61. The molecule has 3 aliphatic rings. The van der Waals surface area contributed by atoms with Crippen LogP contribution in [0.4, 0.5) is 5.69 Å². The SMILES string of the molecule is O=C(Oc1cccc(N2C(=O)[C@@H]3[C@H]4CC[C@@H](C4)[C@H]3C2=O)c1)c1ccccc1Cl. The summed E-state index contributed by atoms with van der Waals surface area (Å²) in [7, 11) is 0. The number of nitrogens with zero attached hydrogens (tertiary/aromatic N) is 1. The summed E-state index contributed by atoms with van der Waals surface area (Å²) in [6.45, 7) is 0. The predicted octanol–water partition coefficient (Wildman–Crippen LogP) is 4.09. The number of esters is 1. The molecule has 2 amide bonds. The molecular formula is C22H18ClNO4. The van der Waals surface area contributed by atoms with Gasteiger partial charge in [-0.05, 0) is 55.4 Å². The van der Waals surface area contributed by atoms with Crippen LogP contribution in [0.1, 0.15) is 29.6 Å². The maximum absolute atomic E-state index is 13.0. The van der Waals surface area contributed by atoms with Crippen molar-refractivity contribution in [3.05, 3.63) is 59.1 Å². The van der Waals surface area contributed by atoms with E-state index in [1.165, 1.54) is 4.90 Å². The van der Waals surface area contributed by atoms with Crippen molar-refractivity contribution in [2.75, 3.05) is 4.90 Å². The fourth-order valence-corrected chi connectivity index (χ4v) is 5.35. The topological polar surface area (TPSA) is 63.7 Å². The number of hydrogen-bond donors (Lipinski definition) is 0. The molecule has 1 heterocycles. The van der Waals surface area contributed by atoms with Crippen LogP contribution in [0.2, 0.25) is 5.02 Å². The monoisotopic (exact) mass is 395 g/mol. The van der Waals surface area contributed by atoms with E-state index in [-0.39, 0.29) is 35.0 Å². The fraction of sp³-hybridized carbons (Fsp3) is 0.318. The maximum atomic E-state index is 13.0. The minimum Gasteiger partial charge on any atom is -0.423 e. The van der Waals surface area contributed by atoms with E-state index >= 15 is 0 Å². The molecule has 0 N–H and O–H groups in total. The second-order valence-corrected chi connectivity index (χ2v) is 8.17. The molecule has 1 aliphatic heterocycles. The van der Waals surface area contributed by atoms with E-state index in [0.717, 1.165) is 19.3 Å². The molecule has 2 aliphatic carbocycles. The van der Waals surface area contributed by atoms with E-state index in [4.69, 9.17) is 16.3 Å². The van der Waals surface area contributed by atoms with Crippen molar-refractivity contribution in [1.29, 1.82) is 0 Å². The maximum Gasteiger partial charge on any atom is 0.345 e. The number of benzene rings is 2. The van der Waals surface area contributed by atoms with E-state index in [0.29, 0.717) is 22.5 Å². The number of hydrogen-bond acceptors (Lipinski definition) is 4.